The zero-order chi connectivity index (χ0) is 32.3. The summed E-state index contributed by atoms with van der Waals surface area (Å²) >= 11 is 0. The molecule has 234 valence electrons. The Morgan fingerprint density at radius 2 is 1.67 bits per heavy atom. The summed E-state index contributed by atoms with van der Waals surface area (Å²) in [6.07, 6.45) is 6.56. The number of ketones is 1. The number of esters is 1. The number of hydrogen-bond acceptors (Lipinski definition) is 6. The van der Waals surface area contributed by atoms with E-state index in [1.54, 1.807) is 32.1 Å². The maximum atomic E-state index is 14.0. The molecule has 1 fully saturated rings. The van der Waals surface area contributed by atoms with Gasteiger partial charge in [-0.3, -0.25) is 19.2 Å². The fourth-order valence-electron chi connectivity index (χ4n) is 6.87. The van der Waals surface area contributed by atoms with Gasteiger partial charge in [-0.2, -0.15) is 11.4 Å². The zero-order valence-corrected chi connectivity index (χ0v) is 27.7. The number of fused-ring (bicyclic) bond motifs is 7. The fourth-order valence-corrected chi connectivity index (χ4v) is 6.87. The molecule has 1 saturated heterocycles. The summed E-state index contributed by atoms with van der Waals surface area (Å²) in [5, 5.41) is 25.9. The van der Waals surface area contributed by atoms with Gasteiger partial charge in [0.15, 0.2) is 5.78 Å². The molecule has 11 nitrogen and oxygen atoms in total. The van der Waals surface area contributed by atoms with Gasteiger partial charge in [0.05, 0.1) is 13.7 Å². The number of Topliss-reactive ketones (excluding diaryl/α,β-unsaturated/α-hetero) is 1. The van der Waals surface area contributed by atoms with Gasteiger partial charge in [-0.1, -0.05) is 54.3 Å². The number of aliphatic carboxylic acids is 1. The van der Waals surface area contributed by atoms with E-state index in [0.717, 1.165) is 11.8 Å². The number of nitrogens with zero attached hydrogens (tertiary/aromatic N) is 4. The van der Waals surface area contributed by atoms with Gasteiger partial charge in [0.1, 0.15) is 12.2 Å². The number of allylic oxidation sites excluding steroid dienone is 2. The van der Waals surface area contributed by atoms with Crippen molar-refractivity contribution in [1.29, 1.82) is 0 Å². The molecule has 0 radical (unpaired) electrons. The van der Waals surface area contributed by atoms with Crippen LogP contribution in [-0.2, 0) is 27.4 Å². The molecule has 0 aromatic carbocycles. The molecule has 3 aromatic rings. The van der Waals surface area contributed by atoms with Crippen molar-refractivity contribution >= 4 is 70.9 Å². The summed E-state index contributed by atoms with van der Waals surface area (Å²) in [7, 11) is 1.22. The number of carbonyl (C=O) groups excluding carboxylic acids is 3. The van der Waals surface area contributed by atoms with E-state index in [9.17, 15) is 29.4 Å². The number of hydrogen-bond donors (Lipinski definition) is 2. The standard InChI is InChI=1S/C34H35N4O7.Mg/c1-6-17-20(13-40)26-11-25-19(12-39)15(3)21(35-25)9-22-14(2)18(7-8-27(41)42)31(37-22)29-30(34(44)45-5)33(43)28-16(4)23(38-32(28)29)10-24(17)36-26;/h9-12,14,18,30,40H,6-8,13H2,1-5H3,(H4-,35,36,37,38,39,41,42,43);/q-1;+2/p-3/b22-9-;/t14-,18-,30+;/m0./s1. The summed E-state index contributed by atoms with van der Waals surface area (Å²) in [4.78, 5) is 65.5. The van der Waals surface area contributed by atoms with Crippen molar-refractivity contribution in [2.45, 2.75) is 53.6 Å². The van der Waals surface area contributed by atoms with Crippen LogP contribution in [0.3, 0.4) is 0 Å². The molecule has 3 atom stereocenters. The minimum atomic E-state index is -1.30. The molecule has 0 spiro atoms. The zero-order valence-electron chi connectivity index (χ0n) is 26.3. The Hall–Kier alpha value is -4.13. The van der Waals surface area contributed by atoms with Crippen molar-refractivity contribution in [3.8, 4) is 0 Å². The molecule has 12 heteroatoms. The SMILES string of the molecule is CCc1c(CO)/c2[n-]/c1=C\c1[n-]c3c(c1C)C(=O)[C@H](C(=O)OC)/C3=C1/[N-]/C(=C\c3[n-]c(c(C=O)c3C)\C=2)[C@@H](C)[C@@H]1CCC(=O)O.[Mg+2]. The van der Waals surface area contributed by atoms with Crippen molar-refractivity contribution < 1.29 is 34.1 Å². The molecule has 0 unspecified atom stereocenters. The number of aliphatic hydroxyl groups is 1. The molecule has 2 aliphatic heterocycles. The first-order valence-electron chi connectivity index (χ1n) is 14.8. The van der Waals surface area contributed by atoms with E-state index in [-0.39, 0.29) is 48.4 Å². The Morgan fingerprint density at radius 1 is 1.00 bits per heavy atom. The molecule has 6 rings (SSSR count). The van der Waals surface area contributed by atoms with Gasteiger partial charge >= 0.3 is 35.0 Å². The van der Waals surface area contributed by atoms with Crippen molar-refractivity contribution in [1.82, 2.24) is 15.0 Å². The quantitative estimate of drug-likeness (QED) is 0.169. The predicted molar refractivity (Wildman–Crippen MR) is 169 cm³/mol. The second-order valence-corrected chi connectivity index (χ2v) is 11.7. The van der Waals surface area contributed by atoms with E-state index in [0.29, 0.717) is 84.7 Å². The third kappa shape index (κ3) is 5.08. The molecule has 2 N–H and O–H groups in total. The van der Waals surface area contributed by atoms with Gasteiger partial charge in [0.25, 0.3) is 0 Å². The van der Waals surface area contributed by atoms with E-state index in [1.807, 2.05) is 13.8 Å². The van der Waals surface area contributed by atoms with Crippen LogP contribution < -0.4 is 25.7 Å². The Morgan fingerprint density at radius 3 is 2.30 bits per heavy atom. The van der Waals surface area contributed by atoms with E-state index < -0.39 is 29.6 Å². The average molecular weight is 633 g/mol. The summed E-state index contributed by atoms with van der Waals surface area (Å²) < 4.78 is 5.08. The Kier molecular flexibility index (Phi) is 9.09. The maximum absolute atomic E-state index is 14.0. The number of ether oxygens (including phenoxy) is 1. The Labute approximate surface area is 281 Å². The number of aliphatic hydroxyl groups excluding tert-OH is 1. The summed E-state index contributed by atoms with van der Waals surface area (Å²) in [6, 6.07) is 0. The molecule has 5 heterocycles. The van der Waals surface area contributed by atoms with E-state index >= 15 is 0 Å². The first-order valence-corrected chi connectivity index (χ1v) is 14.8. The van der Waals surface area contributed by atoms with Crippen LogP contribution in [0, 0.1) is 31.6 Å². The van der Waals surface area contributed by atoms with Crippen LogP contribution in [0.25, 0.3) is 29.1 Å². The van der Waals surface area contributed by atoms with Crippen LogP contribution in [-0.4, -0.2) is 64.4 Å². The molecule has 3 aromatic heterocycles. The number of carboxylic acid groups (broad SMARTS) is 1. The number of carbonyl (C=O) groups is 4. The normalized spacial score (nSPS) is 23.7. The van der Waals surface area contributed by atoms with Gasteiger partial charge < -0.3 is 35.2 Å². The molecular formula is C34H32MgN4O7-2. The number of aldehydes is 1. The molecule has 3 aliphatic rings. The van der Waals surface area contributed by atoms with Crippen LogP contribution in [0.2, 0.25) is 0 Å². The largest absolute Gasteiger partial charge is 2.00 e. The summed E-state index contributed by atoms with van der Waals surface area (Å²) in [5.41, 5.74) is 6.29. The molecule has 8 bridgehead atoms. The van der Waals surface area contributed by atoms with Crippen molar-refractivity contribution in [2.75, 3.05) is 7.11 Å². The molecule has 0 saturated carbocycles. The number of carboxylic acids is 1. The minimum absolute atomic E-state index is 0. The second-order valence-electron chi connectivity index (χ2n) is 11.7. The maximum Gasteiger partial charge on any atom is 2.00 e. The number of methoxy groups -OCH3 is 1. The third-order valence-corrected chi connectivity index (χ3v) is 9.32. The van der Waals surface area contributed by atoms with E-state index in [1.165, 1.54) is 7.11 Å². The smallest absolute Gasteiger partial charge is 0.664 e. The Bertz CT molecular complexity index is 1990. The fraction of sp³-hybridized carbons (Fsp3) is 0.353. The molecule has 46 heavy (non-hydrogen) atoms. The first-order chi connectivity index (χ1) is 21.5. The van der Waals surface area contributed by atoms with Crippen LogP contribution in [0.5, 0.6) is 0 Å². The topological polar surface area (TPSA) is 174 Å². The number of rotatable bonds is 7. The van der Waals surface area contributed by atoms with Crippen LogP contribution in [0.1, 0.15) is 92.4 Å². The van der Waals surface area contributed by atoms with E-state index in [2.05, 4.69) is 0 Å². The number of aromatic nitrogens is 3. The van der Waals surface area contributed by atoms with Gasteiger partial charge in [0, 0.05) is 17.5 Å². The first kappa shape index (κ1) is 33.2. The van der Waals surface area contributed by atoms with Gasteiger partial charge in [-0.15, -0.1) is 33.5 Å². The average Bonchev–Trinajstić information content (AvgIpc) is 3.76. The summed E-state index contributed by atoms with van der Waals surface area (Å²) in [6.45, 7) is 7.12. The van der Waals surface area contributed by atoms with Crippen LogP contribution in [0.15, 0.2) is 11.4 Å². The van der Waals surface area contributed by atoms with Crippen LogP contribution >= 0.6 is 0 Å². The van der Waals surface area contributed by atoms with Crippen molar-refractivity contribution in [3.63, 3.8) is 0 Å². The molecular weight excluding hydrogens is 601 g/mol. The van der Waals surface area contributed by atoms with Gasteiger partial charge in [0.2, 0.25) is 0 Å². The monoisotopic (exact) mass is 632 g/mol. The van der Waals surface area contributed by atoms with E-state index in [4.69, 9.17) is 25.0 Å². The minimum Gasteiger partial charge on any atom is -0.664 e. The van der Waals surface area contributed by atoms with Crippen molar-refractivity contribution in [2.24, 2.45) is 17.8 Å². The molecule has 0 amide bonds. The second kappa shape index (κ2) is 12.6. The van der Waals surface area contributed by atoms with Crippen molar-refractivity contribution in [3.05, 3.63) is 83.6 Å². The summed E-state index contributed by atoms with van der Waals surface area (Å²) in [5.74, 6) is -4.23. The van der Waals surface area contributed by atoms with Gasteiger partial charge in [-0.05, 0) is 44.1 Å². The van der Waals surface area contributed by atoms with Gasteiger partial charge in [-0.25, -0.2) is 0 Å². The Balaban J connectivity index is 0.00000417. The van der Waals surface area contributed by atoms with Crippen LogP contribution in [0.4, 0.5) is 0 Å². The predicted octanol–water partition coefficient (Wildman–Crippen LogP) is 1.87. The molecule has 1 aliphatic carbocycles. The third-order valence-electron chi connectivity index (χ3n) is 9.32.